The van der Waals surface area contributed by atoms with Crippen molar-refractivity contribution in [2.45, 2.75) is 44.3 Å². The number of likely N-dealkylation sites (tertiary alicyclic amines) is 1. The molecule has 222 valence electrons. The van der Waals surface area contributed by atoms with Crippen molar-refractivity contribution in [1.29, 1.82) is 5.26 Å². The molecule has 4 aromatic rings. The van der Waals surface area contributed by atoms with E-state index in [0.29, 0.717) is 47.2 Å². The number of pyridine rings is 1. The number of rotatable bonds is 6. The van der Waals surface area contributed by atoms with Gasteiger partial charge in [0.05, 0.1) is 45.7 Å². The molecule has 0 aliphatic carbocycles. The number of carbonyl (C=O) groups excluding carboxylic acids is 1. The van der Waals surface area contributed by atoms with Crippen LogP contribution in [0.3, 0.4) is 0 Å². The maximum atomic E-state index is 16.7. The highest BCUT2D eigenvalue weighted by molar-refractivity contribution is 6.37. The Balaban J connectivity index is 1.55. The van der Waals surface area contributed by atoms with Crippen LogP contribution in [-0.4, -0.2) is 76.3 Å². The number of benzene rings is 2. The number of anilines is 1. The molecule has 2 aliphatic rings. The summed E-state index contributed by atoms with van der Waals surface area (Å²) in [6.45, 7) is 7.46. The molecule has 2 aromatic heterocycles. The molecule has 0 radical (unpaired) electrons. The van der Waals surface area contributed by atoms with E-state index in [1.165, 1.54) is 6.08 Å². The van der Waals surface area contributed by atoms with E-state index in [-0.39, 0.29) is 40.5 Å². The second-order valence-corrected chi connectivity index (χ2v) is 12.4. The molecule has 0 bridgehead atoms. The molecule has 43 heavy (non-hydrogen) atoms. The molecule has 0 N–H and O–H groups in total. The zero-order chi connectivity index (χ0) is 30.6. The van der Waals surface area contributed by atoms with Gasteiger partial charge < -0.3 is 14.7 Å². The van der Waals surface area contributed by atoms with Crippen molar-refractivity contribution in [3.8, 4) is 17.2 Å². The molecule has 11 heteroatoms. The van der Waals surface area contributed by atoms with E-state index in [1.807, 2.05) is 37.8 Å². The van der Waals surface area contributed by atoms with Crippen molar-refractivity contribution in [2.24, 2.45) is 0 Å². The quantitative estimate of drug-likeness (QED) is 0.233. The van der Waals surface area contributed by atoms with E-state index < -0.39 is 5.82 Å². The fraction of sp³-hybridized carbons (Fsp3) is 0.375. The van der Waals surface area contributed by atoms with Crippen molar-refractivity contribution >= 4 is 56.7 Å². The molecule has 2 saturated heterocycles. The van der Waals surface area contributed by atoms with Gasteiger partial charge in [0.15, 0.2) is 5.82 Å². The number of hydrogen-bond acceptors (Lipinski definition) is 6. The Morgan fingerprint density at radius 1 is 1.28 bits per heavy atom. The van der Waals surface area contributed by atoms with Gasteiger partial charge in [0.1, 0.15) is 11.3 Å². The molecule has 2 fully saturated rings. The van der Waals surface area contributed by atoms with Gasteiger partial charge in [-0.15, -0.1) is 0 Å². The summed E-state index contributed by atoms with van der Waals surface area (Å²) >= 11 is 13.5. The number of amides is 1. The molecule has 1 amide bonds. The summed E-state index contributed by atoms with van der Waals surface area (Å²) in [6.07, 6.45) is 4.43. The molecule has 0 unspecified atom stereocenters. The molecular weight excluding hydrogens is 588 g/mol. The number of likely N-dealkylation sites (N-methyl/N-ethyl adjacent to an activating group) is 1. The third kappa shape index (κ3) is 4.92. The maximum absolute atomic E-state index is 16.7. The number of halogens is 3. The topological polar surface area (TPSA) is 81.3 Å². The summed E-state index contributed by atoms with van der Waals surface area (Å²) in [5, 5.41) is 16.4. The summed E-state index contributed by atoms with van der Waals surface area (Å²) < 4.78 is 18.6. The second-order valence-electron chi connectivity index (χ2n) is 11.6. The highest BCUT2D eigenvalue weighted by atomic mass is 35.5. The summed E-state index contributed by atoms with van der Waals surface area (Å²) in [7, 11) is 4.09. The van der Waals surface area contributed by atoms with Crippen LogP contribution in [-0.2, 0) is 4.79 Å². The molecule has 0 spiro atoms. The second kappa shape index (κ2) is 11.4. The van der Waals surface area contributed by atoms with Crippen LogP contribution in [0.15, 0.2) is 43.1 Å². The Morgan fingerprint density at radius 2 is 2.05 bits per heavy atom. The lowest BCUT2D eigenvalue weighted by atomic mass is 9.94. The van der Waals surface area contributed by atoms with Crippen LogP contribution in [0, 0.1) is 24.1 Å². The minimum absolute atomic E-state index is 0.123. The highest BCUT2D eigenvalue weighted by Gasteiger charge is 2.35. The fourth-order valence-corrected chi connectivity index (χ4v) is 6.89. The number of nitriles is 1. The summed E-state index contributed by atoms with van der Waals surface area (Å²) in [4.78, 5) is 23.5. The van der Waals surface area contributed by atoms with E-state index in [0.717, 1.165) is 29.6 Å². The van der Waals surface area contributed by atoms with E-state index in [1.54, 1.807) is 23.2 Å². The van der Waals surface area contributed by atoms with Crippen LogP contribution in [0.25, 0.3) is 32.9 Å². The van der Waals surface area contributed by atoms with Crippen LogP contribution in [0.2, 0.25) is 10.0 Å². The largest absolute Gasteiger partial charge is 0.353 e. The Morgan fingerprint density at radius 3 is 2.74 bits per heavy atom. The molecule has 4 heterocycles. The number of piperidine rings is 1. The van der Waals surface area contributed by atoms with E-state index in [4.69, 9.17) is 33.3 Å². The van der Waals surface area contributed by atoms with Crippen molar-refractivity contribution in [1.82, 2.24) is 24.6 Å². The first-order valence-electron chi connectivity index (χ1n) is 14.3. The summed E-state index contributed by atoms with van der Waals surface area (Å²) in [5.74, 6) is -0.0584. The average molecular weight is 621 g/mol. The first-order valence-corrected chi connectivity index (χ1v) is 15.1. The fourth-order valence-electron chi connectivity index (χ4n) is 6.38. The normalized spacial score (nSPS) is 19.2. The minimum Gasteiger partial charge on any atom is -0.353 e. The number of fused-ring (bicyclic) bond motifs is 3. The number of carbonyl (C=O) groups is 1. The van der Waals surface area contributed by atoms with Gasteiger partial charge in [-0.2, -0.15) is 10.4 Å². The first-order chi connectivity index (χ1) is 20.6. The molecule has 2 aliphatic heterocycles. The lowest BCUT2D eigenvalue weighted by molar-refractivity contribution is -0.130. The van der Waals surface area contributed by atoms with E-state index in [9.17, 15) is 10.1 Å². The first kappa shape index (κ1) is 29.4. The predicted octanol–water partition coefficient (Wildman–Crippen LogP) is 6.39. The van der Waals surface area contributed by atoms with Crippen LogP contribution in [0.5, 0.6) is 0 Å². The van der Waals surface area contributed by atoms with Crippen molar-refractivity contribution in [2.75, 3.05) is 38.6 Å². The molecular formula is C32H32Cl2FN7O. The van der Waals surface area contributed by atoms with Gasteiger partial charge >= 0.3 is 0 Å². The standard InChI is InChI=1S/C32H32Cl2FN7O/c1-5-26(43)41-12-10-20(13-19(41)9-11-36)42-31-23-14-25(33)27(22-8-6-7-18(2)28(22)34)29(35)30(23)38-32(24(31)15-37-42)40-16-21(17-40)39(3)4/h5-8,14-15,19-21H,1,9-10,12-13,16-17H2,2-4H3/t19-,20+/m1/s1. The van der Waals surface area contributed by atoms with E-state index in [2.05, 4.69) is 22.4 Å². The minimum atomic E-state index is -0.538. The molecule has 6 rings (SSSR count). The van der Waals surface area contributed by atoms with Crippen LogP contribution in [0.4, 0.5) is 10.2 Å². The van der Waals surface area contributed by atoms with Gasteiger partial charge in [-0.1, -0.05) is 48.0 Å². The number of aryl methyl sites for hydroxylation is 1. The summed E-state index contributed by atoms with van der Waals surface area (Å²) in [6, 6.07) is 9.39. The Bertz CT molecular complexity index is 1810. The van der Waals surface area contributed by atoms with Gasteiger partial charge in [-0.25, -0.2) is 9.37 Å². The zero-order valence-electron chi connectivity index (χ0n) is 24.3. The Labute approximate surface area is 259 Å². The van der Waals surface area contributed by atoms with Gasteiger partial charge in [0.25, 0.3) is 0 Å². The lowest BCUT2D eigenvalue weighted by Crippen LogP contribution is -2.57. The zero-order valence-corrected chi connectivity index (χ0v) is 25.8. The van der Waals surface area contributed by atoms with Crippen molar-refractivity contribution < 1.29 is 9.18 Å². The lowest BCUT2D eigenvalue weighted by Gasteiger charge is -2.43. The monoisotopic (exact) mass is 619 g/mol. The molecule has 8 nitrogen and oxygen atoms in total. The van der Waals surface area contributed by atoms with E-state index >= 15 is 4.39 Å². The van der Waals surface area contributed by atoms with Gasteiger partial charge in [0.2, 0.25) is 5.91 Å². The molecule has 2 atom stereocenters. The van der Waals surface area contributed by atoms with Crippen LogP contribution < -0.4 is 4.90 Å². The molecule has 0 saturated carbocycles. The third-order valence-corrected chi connectivity index (χ3v) is 9.67. The SMILES string of the molecule is C=CC(=O)N1CC[C@H](n2ncc3c(N4CC(N(C)C)C4)nc4c(F)c(-c5cccc(C)c5Cl)c(Cl)cc4c32)C[C@H]1CC#N. The van der Waals surface area contributed by atoms with Gasteiger partial charge in [0, 0.05) is 48.2 Å². The Kier molecular flexibility index (Phi) is 7.80. The van der Waals surface area contributed by atoms with Gasteiger partial charge in [-0.3, -0.25) is 9.48 Å². The maximum Gasteiger partial charge on any atom is 0.246 e. The van der Waals surface area contributed by atoms with Gasteiger partial charge in [-0.05, 0) is 51.6 Å². The Hall–Kier alpha value is -3.71. The van der Waals surface area contributed by atoms with Crippen LogP contribution in [0.1, 0.15) is 30.9 Å². The summed E-state index contributed by atoms with van der Waals surface area (Å²) in [5.41, 5.74) is 2.48. The highest BCUT2D eigenvalue weighted by Crippen LogP contribution is 2.44. The van der Waals surface area contributed by atoms with Crippen molar-refractivity contribution in [3.63, 3.8) is 0 Å². The third-order valence-electron chi connectivity index (χ3n) is 8.87. The molecule has 2 aromatic carbocycles. The smallest absolute Gasteiger partial charge is 0.246 e. The number of nitrogens with zero attached hydrogens (tertiary/aromatic N) is 7. The predicted molar refractivity (Wildman–Crippen MR) is 169 cm³/mol. The van der Waals surface area contributed by atoms with Crippen LogP contribution >= 0.6 is 23.2 Å². The number of hydrogen-bond donors (Lipinski definition) is 0. The van der Waals surface area contributed by atoms with Crippen molar-refractivity contribution in [3.05, 3.63) is 64.5 Å². The number of aromatic nitrogens is 3. The average Bonchev–Trinajstić information content (AvgIpc) is 3.40.